The van der Waals surface area contributed by atoms with Crippen molar-refractivity contribution in [2.45, 2.75) is 6.54 Å². The smallest absolute Gasteiger partial charge is 0.374 e. The van der Waals surface area contributed by atoms with E-state index in [4.69, 9.17) is 16.7 Å². The lowest BCUT2D eigenvalue weighted by atomic mass is 10.2. The Morgan fingerprint density at radius 2 is 2.15 bits per heavy atom. The fraction of sp³-hybridized carbons (Fsp3) is 0.154. The minimum Gasteiger partial charge on any atom is -0.475 e. The molecule has 0 spiro atoms. The van der Waals surface area contributed by atoms with Gasteiger partial charge < -0.3 is 14.5 Å². The van der Waals surface area contributed by atoms with Gasteiger partial charge in [0.25, 0.3) is 5.91 Å². The summed E-state index contributed by atoms with van der Waals surface area (Å²) in [7, 11) is 1.58. The van der Waals surface area contributed by atoms with Crippen LogP contribution >= 0.6 is 11.6 Å². The number of hydrogen-bond acceptors (Lipinski definition) is 4. The summed E-state index contributed by atoms with van der Waals surface area (Å²) in [6.45, 7) is 0.328. The first kappa shape index (κ1) is 14.1. The Kier molecular flexibility index (Phi) is 4.05. The highest BCUT2D eigenvalue weighted by molar-refractivity contribution is 6.30. The van der Waals surface area contributed by atoms with Gasteiger partial charge in [-0.15, -0.1) is 0 Å². The van der Waals surface area contributed by atoms with Gasteiger partial charge in [-0.2, -0.15) is 0 Å². The van der Waals surface area contributed by atoms with Gasteiger partial charge in [-0.05, 0) is 17.7 Å². The topological polar surface area (TPSA) is 83.6 Å². The fourth-order valence-electron chi connectivity index (χ4n) is 1.65. The second-order valence-corrected chi connectivity index (χ2v) is 4.61. The van der Waals surface area contributed by atoms with E-state index in [9.17, 15) is 9.59 Å². The Bertz CT molecular complexity index is 653. The molecule has 104 valence electrons. The fourth-order valence-corrected chi connectivity index (χ4v) is 1.87. The lowest BCUT2D eigenvalue weighted by molar-refractivity contribution is 0.0649. The van der Waals surface area contributed by atoms with E-state index < -0.39 is 11.9 Å². The van der Waals surface area contributed by atoms with Crippen LogP contribution in [0.5, 0.6) is 0 Å². The van der Waals surface area contributed by atoms with E-state index in [1.165, 1.54) is 4.90 Å². The van der Waals surface area contributed by atoms with Crippen LogP contribution in [0.1, 0.15) is 26.6 Å². The molecule has 6 nitrogen and oxygen atoms in total. The Morgan fingerprint density at radius 1 is 1.40 bits per heavy atom. The molecule has 0 saturated heterocycles. The van der Waals surface area contributed by atoms with E-state index in [1.807, 2.05) is 6.07 Å². The average molecular weight is 295 g/mol. The zero-order valence-electron chi connectivity index (χ0n) is 10.5. The Morgan fingerprint density at radius 3 is 2.75 bits per heavy atom. The van der Waals surface area contributed by atoms with Gasteiger partial charge >= 0.3 is 5.97 Å². The predicted molar refractivity (Wildman–Crippen MR) is 70.7 cm³/mol. The number of carboxylic acids is 1. The molecule has 20 heavy (non-hydrogen) atoms. The van der Waals surface area contributed by atoms with Gasteiger partial charge in [0.15, 0.2) is 5.69 Å². The summed E-state index contributed by atoms with van der Waals surface area (Å²) in [6.07, 6.45) is 0. The van der Waals surface area contributed by atoms with Crippen LogP contribution < -0.4 is 0 Å². The largest absolute Gasteiger partial charge is 0.475 e. The molecule has 2 aromatic rings. The second-order valence-electron chi connectivity index (χ2n) is 4.17. The standard InChI is InChI=1S/C13H11ClN2O4/c1-16(7-8-3-2-4-9(14)5-8)12(17)10-6-11(13(18)19)20-15-10/h2-6H,7H2,1H3,(H,18,19). The lowest BCUT2D eigenvalue weighted by Gasteiger charge is -2.15. The summed E-state index contributed by atoms with van der Waals surface area (Å²) in [6, 6.07) is 8.20. The molecule has 0 aliphatic carbocycles. The van der Waals surface area contributed by atoms with Crippen molar-refractivity contribution in [1.82, 2.24) is 10.1 Å². The van der Waals surface area contributed by atoms with Crippen molar-refractivity contribution in [2.75, 3.05) is 7.05 Å². The highest BCUT2D eigenvalue weighted by Crippen LogP contribution is 2.13. The Labute approximate surface area is 119 Å². The molecule has 0 radical (unpaired) electrons. The average Bonchev–Trinajstić information content (AvgIpc) is 2.87. The van der Waals surface area contributed by atoms with E-state index in [2.05, 4.69) is 9.68 Å². The van der Waals surface area contributed by atoms with Gasteiger partial charge in [0, 0.05) is 24.7 Å². The molecule has 0 atom stereocenters. The third-order valence-corrected chi connectivity index (χ3v) is 2.83. The maximum Gasteiger partial charge on any atom is 0.374 e. The van der Waals surface area contributed by atoms with Gasteiger partial charge in [-0.1, -0.05) is 28.9 Å². The van der Waals surface area contributed by atoms with Crippen molar-refractivity contribution in [3.8, 4) is 0 Å². The number of aromatic nitrogens is 1. The molecular weight excluding hydrogens is 284 g/mol. The maximum absolute atomic E-state index is 12.0. The van der Waals surface area contributed by atoms with Crippen molar-refractivity contribution >= 4 is 23.5 Å². The summed E-state index contributed by atoms with van der Waals surface area (Å²) in [5, 5.41) is 12.7. The molecule has 1 N–H and O–H groups in total. The molecule has 1 aromatic heterocycles. The van der Waals surface area contributed by atoms with Gasteiger partial charge in [-0.25, -0.2) is 4.79 Å². The van der Waals surface area contributed by atoms with E-state index in [-0.39, 0.29) is 11.5 Å². The number of amides is 1. The first-order chi connectivity index (χ1) is 9.47. The monoisotopic (exact) mass is 294 g/mol. The highest BCUT2D eigenvalue weighted by Gasteiger charge is 2.19. The maximum atomic E-state index is 12.0. The summed E-state index contributed by atoms with van der Waals surface area (Å²) >= 11 is 5.87. The van der Waals surface area contributed by atoms with Crippen LogP contribution in [0.2, 0.25) is 5.02 Å². The van der Waals surface area contributed by atoms with Crippen LogP contribution in [0.3, 0.4) is 0 Å². The highest BCUT2D eigenvalue weighted by atomic mass is 35.5. The minimum atomic E-state index is -1.27. The number of halogens is 1. The number of nitrogens with zero attached hydrogens (tertiary/aromatic N) is 2. The minimum absolute atomic E-state index is 0.0491. The molecule has 0 unspecified atom stereocenters. The number of aromatic carboxylic acids is 1. The predicted octanol–water partition coefficient (Wildman–Crippen LogP) is 2.30. The first-order valence-electron chi connectivity index (χ1n) is 5.67. The van der Waals surface area contributed by atoms with Crippen LogP contribution in [0.15, 0.2) is 34.9 Å². The molecule has 0 fully saturated rings. The third-order valence-electron chi connectivity index (χ3n) is 2.60. The Balaban J connectivity index is 2.10. The van der Waals surface area contributed by atoms with Gasteiger partial charge in [0.2, 0.25) is 5.76 Å². The first-order valence-corrected chi connectivity index (χ1v) is 6.05. The van der Waals surface area contributed by atoms with Crippen LogP contribution in [0.4, 0.5) is 0 Å². The summed E-state index contributed by atoms with van der Waals surface area (Å²) in [5.74, 6) is -2.07. The molecule has 0 aliphatic heterocycles. The van der Waals surface area contributed by atoms with Gasteiger partial charge in [0.05, 0.1) is 0 Å². The molecule has 7 heteroatoms. The molecule has 0 saturated carbocycles. The number of carbonyl (C=O) groups excluding carboxylic acids is 1. The normalized spacial score (nSPS) is 10.3. The number of carboxylic acid groups (broad SMARTS) is 1. The van der Waals surface area contributed by atoms with Crippen molar-refractivity contribution < 1.29 is 19.2 Å². The van der Waals surface area contributed by atoms with E-state index in [1.54, 1.807) is 25.2 Å². The van der Waals surface area contributed by atoms with E-state index >= 15 is 0 Å². The molecule has 2 rings (SSSR count). The molecule has 1 aromatic carbocycles. The summed E-state index contributed by atoms with van der Waals surface area (Å²) in [4.78, 5) is 24.1. The van der Waals surface area contributed by atoms with E-state index in [0.717, 1.165) is 11.6 Å². The van der Waals surface area contributed by atoms with Gasteiger partial charge in [0.1, 0.15) is 0 Å². The summed E-state index contributed by atoms with van der Waals surface area (Å²) in [5.41, 5.74) is 0.808. The van der Waals surface area contributed by atoms with Crippen molar-refractivity contribution in [3.63, 3.8) is 0 Å². The molecular formula is C13H11ClN2O4. The van der Waals surface area contributed by atoms with E-state index in [0.29, 0.717) is 11.6 Å². The zero-order chi connectivity index (χ0) is 14.7. The quantitative estimate of drug-likeness (QED) is 0.935. The zero-order valence-corrected chi connectivity index (χ0v) is 11.3. The summed E-state index contributed by atoms with van der Waals surface area (Å²) < 4.78 is 4.55. The van der Waals surface area contributed by atoms with Crippen LogP contribution in [0.25, 0.3) is 0 Å². The molecule has 0 bridgehead atoms. The number of rotatable bonds is 4. The number of hydrogen-bond donors (Lipinski definition) is 1. The lowest BCUT2D eigenvalue weighted by Crippen LogP contribution is -2.26. The molecule has 1 amide bonds. The second kappa shape index (κ2) is 5.75. The SMILES string of the molecule is CN(Cc1cccc(Cl)c1)C(=O)c1cc(C(=O)O)on1. The van der Waals surface area contributed by atoms with Crippen molar-refractivity contribution in [1.29, 1.82) is 0 Å². The van der Waals surface area contributed by atoms with Crippen LogP contribution in [-0.4, -0.2) is 34.1 Å². The third kappa shape index (κ3) is 3.16. The molecule has 0 aliphatic rings. The Hall–Kier alpha value is -2.34. The van der Waals surface area contributed by atoms with Crippen LogP contribution in [0, 0.1) is 0 Å². The number of benzene rings is 1. The van der Waals surface area contributed by atoms with Gasteiger partial charge in [-0.3, -0.25) is 4.79 Å². The van der Waals surface area contributed by atoms with Crippen molar-refractivity contribution in [2.24, 2.45) is 0 Å². The van der Waals surface area contributed by atoms with Crippen LogP contribution in [-0.2, 0) is 6.54 Å². The molecule has 1 heterocycles. The number of carbonyl (C=O) groups is 2. The van der Waals surface area contributed by atoms with Crippen molar-refractivity contribution in [3.05, 3.63) is 52.4 Å².